The Bertz CT molecular complexity index is 958. The van der Waals surface area contributed by atoms with E-state index >= 15 is 0 Å². The van der Waals surface area contributed by atoms with Gasteiger partial charge in [0.15, 0.2) is 0 Å². The summed E-state index contributed by atoms with van der Waals surface area (Å²) < 4.78 is 6.80. The lowest BCUT2D eigenvalue weighted by molar-refractivity contribution is -0.0372. The van der Waals surface area contributed by atoms with Gasteiger partial charge in [-0.2, -0.15) is 0 Å². The van der Waals surface area contributed by atoms with Gasteiger partial charge in [-0.05, 0) is 64.2 Å². The summed E-state index contributed by atoms with van der Waals surface area (Å²) in [6, 6.07) is 7.38. The number of hydrogen-bond acceptors (Lipinski definition) is 4. The van der Waals surface area contributed by atoms with Gasteiger partial charge in [-0.15, -0.1) is 0 Å². The van der Waals surface area contributed by atoms with E-state index in [0.29, 0.717) is 5.56 Å². The van der Waals surface area contributed by atoms with Crippen LogP contribution in [0.4, 0.5) is 0 Å². The van der Waals surface area contributed by atoms with E-state index < -0.39 is 5.60 Å². The second-order valence-electron chi connectivity index (χ2n) is 8.99. The van der Waals surface area contributed by atoms with Crippen molar-refractivity contribution >= 4 is 0 Å². The Balaban J connectivity index is 1.80. The van der Waals surface area contributed by atoms with Crippen LogP contribution in [0.3, 0.4) is 0 Å². The second-order valence-corrected chi connectivity index (χ2v) is 8.99. The highest BCUT2D eigenvalue weighted by atomic mass is 16.5. The van der Waals surface area contributed by atoms with Crippen LogP contribution in [0, 0.1) is 19.8 Å². The largest absolute Gasteiger partial charge is 0.508 e. The van der Waals surface area contributed by atoms with Crippen molar-refractivity contribution in [2.45, 2.75) is 69.8 Å². The van der Waals surface area contributed by atoms with Gasteiger partial charge in [-0.3, -0.25) is 0 Å². The molecule has 0 aromatic heterocycles. The molecule has 4 heteroatoms. The van der Waals surface area contributed by atoms with E-state index in [1.807, 2.05) is 19.1 Å². The van der Waals surface area contributed by atoms with Gasteiger partial charge < -0.3 is 20.1 Å². The van der Waals surface area contributed by atoms with Gasteiger partial charge in [-0.25, -0.2) is 0 Å². The monoisotopic (exact) mass is 380 g/mol. The van der Waals surface area contributed by atoms with Crippen molar-refractivity contribution in [3.05, 3.63) is 46.5 Å². The van der Waals surface area contributed by atoms with E-state index in [-0.39, 0.29) is 28.6 Å². The van der Waals surface area contributed by atoms with Gasteiger partial charge >= 0.3 is 0 Å². The number of rotatable bonds is 1. The molecule has 5 rings (SSSR count). The molecule has 2 fully saturated rings. The molecule has 1 heterocycles. The molecule has 1 spiro atoms. The minimum atomic E-state index is -0.613. The predicted molar refractivity (Wildman–Crippen MR) is 107 cm³/mol. The van der Waals surface area contributed by atoms with E-state index in [0.717, 1.165) is 49.0 Å². The molecule has 0 radical (unpaired) electrons. The van der Waals surface area contributed by atoms with Crippen molar-refractivity contribution in [2.75, 3.05) is 0 Å². The maximum absolute atomic E-state index is 11.0. The number of phenols is 3. The van der Waals surface area contributed by atoms with Gasteiger partial charge in [0, 0.05) is 33.6 Å². The third-order valence-electron chi connectivity index (χ3n) is 7.82. The summed E-state index contributed by atoms with van der Waals surface area (Å²) in [5.41, 5.74) is 2.71. The first-order valence-corrected chi connectivity index (χ1v) is 10.4. The molecule has 0 saturated heterocycles. The van der Waals surface area contributed by atoms with E-state index in [1.54, 1.807) is 13.0 Å². The molecule has 2 aromatic rings. The maximum atomic E-state index is 11.0. The predicted octanol–water partition coefficient (Wildman–Crippen LogP) is 5.32. The molecule has 4 nitrogen and oxygen atoms in total. The highest BCUT2D eigenvalue weighted by Crippen LogP contribution is 2.66. The first-order valence-electron chi connectivity index (χ1n) is 10.4. The highest BCUT2D eigenvalue weighted by Gasteiger charge is 2.62. The molecule has 28 heavy (non-hydrogen) atoms. The lowest BCUT2D eigenvalue weighted by Crippen LogP contribution is -2.51. The fourth-order valence-electron chi connectivity index (χ4n) is 6.43. The van der Waals surface area contributed by atoms with Crippen LogP contribution >= 0.6 is 0 Å². The van der Waals surface area contributed by atoms with Gasteiger partial charge in [0.05, 0.1) is 0 Å². The molecule has 0 unspecified atom stereocenters. The Hall–Kier alpha value is -2.36. The summed E-state index contributed by atoms with van der Waals surface area (Å²) in [7, 11) is 0. The van der Waals surface area contributed by atoms with Crippen LogP contribution in [0.2, 0.25) is 0 Å². The van der Waals surface area contributed by atoms with Crippen molar-refractivity contribution in [1.29, 1.82) is 0 Å². The van der Waals surface area contributed by atoms with Gasteiger partial charge in [-0.1, -0.05) is 18.9 Å². The third-order valence-corrected chi connectivity index (χ3v) is 7.82. The van der Waals surface area contributed by atoms with Crippen LogP contribution in [-0.4, -0.2) is 15.3 Å². The quantitative estimate of drug-likeness (QED) is 0.626. The number of fused-ring (bicyclic) bond motifs is 4. The Morgan fingerprint density at radius 2 is 1.46 bits per heavy atom. The van der Waals surface area contributed by atoms with Gasteiger partial charge in [0.2, 0.25) is 0 Å². The maximum Gasteiger partial charge on any atom is 0.141 e. The Morgan fingerprint density at radius 1 is 0.821 bits per heavy atom. The molecule has 0 amide bonds. The molecule has 0 bridgehead atoms. The third kappa shape index (κ3) is 2.06. The first-order chi connectivity index (χ1) is 13.4. The van der Waals surface area contributed by atoms with Crippen LogP contribution in [0.15, 0.2) is 24.3 Å². The zero-order chi connectivity index (χ0) is 19.7. The molecular formula is C24H28O4. The molecule has 148 valence electrons. The zero-order valence-corrected chi connectivity index (χ0v) is 16.6. The highest BCUT2D eigenvalue weighted by molar-refractivity contribution is 5.58. The van der Waals surface area contributed by atoms with Crippen molar-refractivity contribution in [3.8, 4) is 23.0 Å². The number of benzene rings is 2. The fourth-order valence-corrected chi connectivity index (χ4v) is 6.43. The summed E-state index contributed by atoms with van der Waals surface area (Å²) in [6.07, 6.45) is 7.60. The zero-order valence-electron chi connectivity index (χ0n) is 16.6. The van der Waals surface area contributed by atoms with E-state index in [1.165, 1.54) is 18.4 Å². The Morgan fingerprint density at radius 3 is 2.18 bits per heavy atom. The van der Waals surface area contributed by atoms with Gasteiger partial charge in [0.25, 0.3) is 0 Å². The molecule has 2 aliphatic carbocycles. The van der Waals surface area contributed by atoms with Crippen molar-refractivity contribution in [1.82, 2.24) is 0 Å². The van der Waals surface area contributed by atoms with Crippen LogP contribution in [0.1, 0.15) is 67.2 Å². The molecule has 3 N–H and O–H groups in total. The lowest BCUT2D eigenvalue weighted by atomic mass is 9.60. The summed E-state index contributed by atoms with van der Waals surface area (Å²) in [6.45, 7) is 3.66. The molecule has 2 atom stereocenters. The SMILES string of the molecule is Cc1c(O)ccc([C@@]23CCC[C@H]2C2(CCCC2)c2ccc(O)c(C)c2O3)c1O. The number of ether oxygens (including phenoxy) is 1. The molecule has 2 aromatic carbocycles. The van der Waals surface area contributed by atoms with E-state index in [4.69, 9.17) is 4.74 Å². The summed E-state index contributed by atoms with van der Waals surface area (Å²) in [5.74, 6) is 1.58. The lowest BCUT2D eigenvalue weighted by Gasteiger charge is -2.52. The summed E-state index contributed by atoms with van der Waals surface area (Å²) >= 11 is 0. The molecule has 1 aliphatic heterocycles. The normalized spacial score (nSPS) is 27.4. The number of hydrogen-bond donors (Lipinski definition) is 3. The van der Waals surface area contributed by atoms with Crippen LogP contribution in [-0.2, 0) is 11.0 Å². The van der Waals surface area contributed by atoms with Crippen molar-refractivity contribution in [2.24, 2.45) is 5.92 Å². The van der Waals surface area contributed by atoms with E-state index in [2.05, 4.69) is 6.07 Å². The average molecular weight is 380 g/mol. The first kappa shape index (κ1) is 17.7. The standard InChI is InChI=1S/C24H28O4/c1-14-18(25)9-7-16(21(14)27)24-13-5-6-20(24)23(11-3-4-12-23)17-8-10-19(26)15(2)22(17)28-24/h7-10,20,25-27H,3-6,11-13H2,1-2H3/t20-,24-/m0/s1. The minimum absolute atomic E-state index is 0.0285. The van der Waals surface area contributed by atoms with Gasteiger partial charge in [0.1, 0.15) is 28.6 Å². The minimum Gasteiger partial charge on any atom is -0.508 e. The molecular weight excluding hydrogens is 352 g/mol. The summed E-state index contributed by atoms with van der Waals surface area (Å²) in [4.78, 5) is 0. The smallest absolute Gasteiger partial charge is 0.141 e. The van der Waals surface area contributed by atoms with Crippen molar-refractivity contribution in [3.63, 3.8) is 0 Å². The van der Waals surface area contributed by atoms with Crippen LogP contribution in [0.25, 0.3) is 0 Å². The van der Waals surface area contributed by atoms with E-state index in [9.17, 15) is 15.3 Å². The second kappa shape index (κ2) is 5.82. The molecule has 2 saturated carbocycles. The summed E-state index contributed by atoms with van der Waals surface area (Å²) in [5, 5.41) is 31.4. The molecule has 3 aliphatic rings. The Kier molecular flexibility index (Phi) is 3.68. The van der Waals surface area contributed by atoms with Crippen molar-refractivity contribution < 1.29 is 20.1 Å². The number of aromatic hydroxyl groups is 3. The topological polar surface area (TPSA) is 69.9 Å². The average Bonchev–Trinajstić information content (AvgIpc) is 3.32. The Labute approximate surface area is 165 Å². The fraction of sp³-hybridized carbons (Fsp3) is 0.500. The van der Waals surface area contributed by atoms with Crippen LogP contribution in [0.5, 0.6) is 23.0 Å². The van der Waals surface area contributed by atoms with Crippen LogP contribution < -0.4 is 4.74 Å². The number of phenolic OH excluding ortho intramolecular Hbond substituents is 3.